The Balaban J connectivity index is 1.50. The molecule has 1 fully saturated rings. The van der Waals surface area contributed by atoms with Crippen molar-refractivity contribution in [1.82, 2.24) is 8.87 Å². The highest BCUT2D eigenvalue weighted by Crippen LogP contribution is 2.32. The van der Waals surface area contributed by atoms with Gasteiger partial charge in [0.2, 0.25) is 10.0 Å². The largest absolute Gasteiger partial charge is 0.494 e. The summed E-state index contributed by atoms with van der Waals surface area (Å²) in [6.45, 7) is 5.67. The lowest BCUT2D eigenvalue weighted by Gasteiger charge is -2.32. The zero-order valence-electron chi connectivity index (χ0n) is 16.3. The first-order valence-corrected chi connectivity index (χ1v) is 11.2. The van der Waals surface area contributed by atoms with E-state index in [0.717, 1.165) is 12.8 Å². The molecule has 1 saturated heterocycles. The van der Waals surface area contributed by atoms with E-state index in [1.807, 2.05) is 6.92 Å². The van der Waals surface area contributed by atoms with Gasteiger partial charge < -0.3 is 9.30 Å². The Labute approximate surface area is 166 Å². The molecule has 0 atom stereocenters. The van der Waals surface area contributed by atoms with Crippen LogP contribution in [0.4, 0.5) is 0 Å². The molecule has 0 aliphatic carbocycles. The normalized spacial score (nSPS) is 16.5. The number of hydrogen-bond donors (Lipinski definition) is 0. The second-order valence-electron chi connectivity index (χ2n) is 7.28. The summed E-state index contributed by atoms with van der Waals surface area (Å²) >= 11 is 0. The third kappa shape index (κ3) is 3.42. The molecule has 1 aromatic heterocycles. The highest BCUT2D eigenvalue weighted by atomic mass is 32.2. The number of aromatic nitrogens is 1. The van der Waals surface area contributed by atoms with Crippen LogP contribution in [0, 0.1) is 6.92 Å². The molecule has 1 aliphatic rings. The number of fused-ring (bicyclic) bond motifs is 1. The second kappa shape index (κ2) is 7.60. The maximum absolute atomic E-state index is 13.0. The van der Waals surface area contributed by atoms with Crippen molar-refractivity contribution in [2.75, 3.05) is 19.7 Å². The predicted octanol–water partition coefficient (Wildman–Crippen LogP) is 4.37. The number of nitrogens with zero attached hydrogens (tertiary/aromatic N) is 2. The minimum Gasteiger partial charge on any atom is -0.494 e. The zero-order valence-corrected chi connectivity index (χ0v) is 17.2. The first-order valence-electron chi connectivity index (χ1n) is 9.80. The van der Waals surface area contributed by atoms with Gasteiger partial charge in [-0.2, -0.15) is 4.31 Å². The van der Waals surface area contributed by atoms with Crippen molar-refractivity contribution in [3.8, 4) is 5.75 Å². The summed E-state index contributed by atoms with van der Waals surface area (Å²) in [7, 11) is -3.47. The fourth-order valence-corrected chi connectivity index (χ4v) is 5.54. The molecule has 28 heavy (non-hydrogen) atoms. The first kappa shape index (κ1) is 19.0. The summed E-state index contributed by atoms with van der Waals surface area (Å²) in [5, 5.41) is 1.27. The molecule has 0 radical (unpaired) electrons. The minimum absolute atomic E-state index is 0.324. The van der Waals surface area contributed by atoms with Crippen LogP contribution < -0.4 is 4.74 Å². The number of sulfonamides is 1. The Hall–Kier alpha value is -2.31. The van der Waals surface area contributed by atoms with E-state index in [1.54, 1.807) is 28.6 Å². The number of para-hydroxylation sites is 1. The Morgan fingerprint density at radius 2 is 1.71 bits per heavy atom. The van der Waals surface area contributed by atoms with Gasteiger partial charge in [0.05, 0.1) is 11.5 Å². The molecule has 3 aromatic rings. The number of benzene rings is 2. The third-order valence-electron chi connectivity index (χ3n) is 5.53. The van der Waals surface area contributed by atoms with Crippen molar-refractivity contribution < 1.29 is 13.2 Å². The lowest BCUT2D eigenvalue weighted by atomic mass is 10.1. The molecular formula is C22H26N2O3S. The summed E-state index contributed by atoms with van der Waals surface area (Å²) < 4.78 is 35.3. The monoisotopic (exact) mass is 398 g/mol. The van der Waals surface area contributed by atoms with E-state index in [0.29, 0.717) is 36.4 Å². The topological polar surface area (TPSA) is 51.5 Å². The van der Waals surface area contributed by atoms with Crippen LogP contribution in [0.2, 0.25) is 0 Å². The number of aryl methyl sites for hydroxylation is 1. The molecule has 0 saturated carbocycles. The number of hydrogen-bond acceptors (Lipinski definition) is 3. The van der Waals surface area contributed by atoms with Crippen LogP contribution in [-0.2, 0) is 10.0 Å². The average molecular weight is 399 g/mol. The smallest absolute Gasteiger partial charge is 0.243 e. The Kier molecular flexibility index (Phi) is 5.17. The summed E-state index contributed by atoms with van der Waals surface area (Å²) in [4.78, 5) is 0.330. The Morgan fingerprint density at radius 1 is 1.04 bits per heavy atom. The van der Waals surface area contributed by atoms with E-state index < -0.39 is 10.0 Å². The third-order valence-corrected chi connectivity index (χ3v) is 7.44. The van der Waals surface area contributed by atoms with E-state index in [4.69, 9.17) is 4.74 Å². The minimum atomic E-state index is -3.47. The highest BCUT2D eigenvalue weighted by molar-refractivity contribution is 7.89. The van der Waals surface area contributed by atoms with Gasteiger partial charge in [0.25, 0.3) is 0 Å². The van der Waals surface area contributed by atoms with Crippen LogP contribution in [0.1, 0.15) is 31.4 Å². The summed E-state index contributed by atoms with van der Waals surface area (Å²) in [5.74, 6) is 0.690. The molecule has 1 aliphatic heterocycles. The molecular weight excluding hydrogens is 372 g/mol. The molecule has 0 spiro atoms. The van der Waals surface area contributed by atoms with Gasteiger partial charge in [0, 0.05) is 36.2 Å². The zero-order chi connectivity index (χ0) is 19.7. The number of piperidine rings is 1. The fourth-order valence-electron chi connectivity index (χ4n) is 4.07. The van der Waals surface area contributed by atoms with Gasteiger partial charge in [-0.3, -0.25) is 0 Å². The molecule has 2 aromatic carbocycles. The van der Waals surface area contributed by atoms with Gasteiger partial charge in [-0.15, -0.1) is 0 Å². The number of ether oxygens (including phenoxy) is 1. The molecule has 0 bridgehead atoms. The van der Waals surface area contributed by atoms with Crippen LogP contribution in [0.3, 0.4) is 0 Å². The Morgan fingerprint density at radius 3 is 2.39 bits per heavy atom. The second-order valence-corrected chi connectivity index (χ2v) is 9.21. The van der Waals surface area contributed by atoms with E-state index in [9.17, 15) is 8.42 Å². The van der Waals surface area contributed by atoms with Gasteiger partial charge in [-0.1, -0.05) is 18.2 Å². The standard InChI is InChI=1S/C22H26N2O3S/c1-3-27-19-8-10-20(11-9-19)28(25,26)23-14-12-18(13-15-23)24-16-17(2)21-6-4-5-7-22(21)24/h4-11,16,18H,3,12-15H2,1-2H3. The quantitative estimate of drug-likeness (QED) is 0.641. The molecule has 4 rings (SSSR count). The van der Waals surface area contributed by atoms with Gasteiger partial charge >= 0.3 is 0 Å². The number of rotatable bonds is 5. The van der Waals surface area contributed by atoms with Crippen molar-refractivity contribution in [3.05, 3.63) is 60.3 Å². The molecule has 148 valence electrons. The summed E-state index contributed by atoms with van der Waals surface area (Å²) in [6, 6.07) is 15.4. The van der Waals surface area contributed by atoms with Crippen LogP contribution in [-0.4, -0.2) is 37.0 Å². The molecule has 0 amide bonds. The SMILES string of the molecule is CCOc1ccc(S(=O)(=O)N2CCC(n3cc(C)c4ccccc43)CC2)cc1. The lowest BCUT2D eigenvalue weighted by molar-refractivity contribution is 0.277. The first-order chi connectivity index (χ1) is 13.5. The molecule has 0 N–H and O–H groups in total. The van der Waals surface area contributed by atoms with Crippen LogP contribution >= 0.6 is 0 Å². The maximum atomic E-state index is 13.0. The predicted molar refractivity (Wildman–Crippen MR) is 111 cm³/mol. The van der Waals surface area contributed by atoms with Crippen LogP contribution in [0.15, 0.2) is 59.6 Å². The molecule has 0 unspecified atom stereocenters. The van der Waals surface area contributed by atoms with E-state index in [-0.39, 0.29) is 0 Å². The lowest BCUT2D eigenvalue weighted by Crippen LogP contribution is -2.38. The summed E-state index contributed by atoms with van der Waals surface area (Å²) in [6.07, 6.45) is 3.83. The fraction of sp³-hybridized carbons (Fsp3) is 0.364. The Bertz CT molecular complexity index is 1060. The van der Waals surface area contributed by atoms with Crippen molar-refractivity contribution in [1.29, 1.82) is 0 Å². The maximum Gasteiger partial charge on any atom is 0.243 e. The van der Waals surface area contributed by atoms with Gasteiger partial charge in [-0.05, 0) is 62.6 Å². The van der Waals surface area contributed by atoms with Crippen molar-refractivity contribution in [2.45, 2.75) is 37.6 Å². The average Bonchev–Trinajstić information content (AvgIpc) is 3.06. The summed E-state index contributed by atoms with van der Waals surface area (Å²) in [5.41, 5.74) is 2.49. The molecule has 2 heterocycles. The molecule has 6 heteroatoms. The highest BCUT2D eigenvalue weighted by Gasteiger charge is 2.30. The van der Waals surface area contributed by atoms with Gasteiger partial charge in [-0.25, -0.2) is 8.42 Å². The van der Waals surface area contributed by atoms with Gasteiger partial charge in [0.15, 0.2) is 0 Å². The van der Waals surface area contributed by atoms with E-state index in [2.05, 4.69) is 42.0 Å². The van der Waals surface area contributed by atoms with E-state index in [1.165, 1.54) is 16.5 Å². The van der Waals surface area contributed by atoms with E-state index >= 15 is 0 Å². The van der Waals surface area contributed by atoms with Gasteiger partial charge in [0.1, 0.15) is 5.75 Å². The van der Waals surface area contributed by atoms with Crippen LogP contribution in [0.25, 0.3) is 10.9 Å². The van der Waals surface area contributed by atoms with Crippen molar-refractivity contribution >= 4 is 20.9 Å². The van der Waals surface area contributed by atoms with Crippen LogP contribution in [0.5, 0.6) is 5.75 Å². The molecule has 5 nitrogen and oxygen atoms in total. The van der Waals surface area contributed by atoms with Crippen molar-refractivity contribution in [3.63, 3.8) is 0 Å². The van der Waals surface area contributed by atoms with Crippen molar-refractivity contribution in [2.24, 2.45) is 0 Å².